The quantitative estimate of drug-likeness (QED) is 0.872. The van der Waals surface area contributed by atoms with Crippen LogP contribution in [0.1, 0.15) is 36.1 Å². The minimum atomic E-state index is 0.790. The fourth-order valence-corrected chi connectivity index (χ4v) is 3.34. The predicted molar refractivity (Wildman–Crippen MR) is 74.9 cm³/mol. The molecule has 1 aliphatic carbocycles. The van der Waals surface area contributed by atoms with Crippen molar-refractivity contribution in [2.24, 2.45) is 0 Å². The highest BCUT2D eigenvalue weighted by atomic mass is 15.0. The molecule has 4 rings (SSSR count). The molecular formula is C16H20N2. The molecule has 1 saturated carbocycles. The van der Waals surface area contributed by atoms with E-state index in [4.69, 9.17) is 0 Å². The van der Waals surface area contributed by atoms with E-state index in [0.29, 0.717) is 0 Å². The Morgan fingerprint density at radius 1 is 1.33 bits per heavy atom. The van der Waals surface area contributed by atoms with Gasteiger partial charge in [-0.25, -0.2) is 0 Å². The van der Waals surface area contributed by atoms with Gasteiger partial charge in [-0.2, -0.15) is 0 Å². The maximum Gasteiger partial charge on any atom is 0.0518 e. The molecule has 1 N–H and O–H groups in total. The van der Waals surface area contributed by atoms with Crippen LogP contribution in [0.25, 0.3) is 10.9 Å². The zero-order valence-electron chi connectivity index (χ0n) is 11.0. The number of nitrogens with one attached hydrogen (secondary N) is 1. The Balaban J connectivity index is 1.85. The molecule has 2 aliphatic rings. The van der Waals surface area contributed by atoms with E-state index in [1.807, 2.05) is 0 Å². The monoisotopic (exact) mass is 240 g/mol. The lowest BCUT2D eigenvalue weighted by Crippen LogP contribution is -2.20. The van der Waals surface area contributed by atoms with Crippen molar-refractivity contribution in [3.05, 3.63) is 35.0 Å². The molecule has 0 saturated heterocycles. The summed E-state index contributed by atoms with van der Waals surface area (Å²) in [6.07, 6.45) is 5.27. The first-order chi connectivity index (χ1) is 8.84. The summed E-state index contributed by atoms with van der Waals surface area (Å²) in [4.78, 5) is 0. The Bertz CT molecular complexity index is 605. The van der Waals surface area contributed by atoms with Crippen LogP contribution >= 0.6 is 0 Å². The highest BCUT2D eigenvalue weighted by Gasteiger charge is 2.23. The Morgan fingerprint density at radius 2 is 2.22 bits per heavy atom. The third-order valence-electron chi connectivity index (χ3n) is 4.52. The third-order valence-corrected chi connectivity index (χ3v) is 4.52. The second-order valence-electron chi connectivity index (χ2n) is 5.80. The number of benzene rings is 1. The topological polar surface area (TPSA) is 17.0 Å². The van der Waals surface area contributed by atoms with Gasteiger partial charge in [0.05, 0.1) is 5.52 Å². The van der Waals surface area contributed by atoms with Gasteiger partial charge in [0.25, 0.3) is 0 Å². The first-order valence-corrected chi connectivity index (χ1v) is 7.17. The van der Waals surface area contributed by atoms with Crippen LogP contribution in [-0.4, -0.2) is 10.6 Å². The van der Waals surface area contributed by atoms with Crippen LogP contribution in [0.4, 0.5) is 0 Å². The molecule has 1 fully saturated rings. The van der Waals surface area contributed by atoms with Crippen molar-refractivity contribution in [2.45, 2.75) is 51.7 Å². The highest BCUT2D eigenvalue weighted by molar-refractivity contribution is 5.88. The van der Waals surface area contributed by atoms with Gasteiger partial charge in [0.1, 0.15) is 0 Å². The van der Waals surface area contributed by atoms with Crippen molar-refractivity contribution in [3.63, 3.8) is 0 Å². The van der Waals surface area contributed by atoms with Crippen molar-refractivity contribution in [1.29, 1.82) is 0 Å². The summed E-state index contributed by atoms with van der Waals surface area (Å²) in [6, 6.07) is 7.60. The fraction of sp³-hybridized carbons (Fsp3) is 0.500. The SMILES string of the molecule is Cc1c(CNC2CC2)n2c3c(cccc13)CCC2. The smallest absolute Gasteiger partial charge is 0.0518 e. The normalized spacial score (nSPS) is 18.5. The summed E-state index contributed by atoms with van der Waals surface area (Å²) in [5, 5.41) is 5.14. The maximum atomic E-state index is 3.67. The van der Waals surface area contributed by atoms with E-state index in [0.717, 1.165) is 12.6 Å². The Morgan fingerprint density at radius 3 is 3.06 bits per heavy atom. The molecule has 0 radical (unpaired) electrons. The highest BCUT2D eigenvalue weighted by Crippen LogP contribution is 2.32. The van der Waals surface area contributed by atoms with Gasteiger partial charge in [0.2, 0.25) is 0 Å². The summed E-state index contributed by atoms with van der Waals surface area (Å²) in [7, 11) is 0. The van der Waals surface area contributed by atoms with Crippen LogP contribution in [-0.2, 0) is 19.5 Å². The molecule has 1 aromatic heterocycles. The van der Waals surface area contributed by atoms with Crippen LogP contribution in [0.2, 0.25) is 0 Å². The lowest BCUT2D eigenvalue weighted by atomic mass is 10.0. The van der Waals surface area contributed by atoms with E-state index in [1.165, 1.54) is 54.4 Å². The molecule has 0 unspecified atom stereocenters. The third kappa shape index (κ3) is 1.52. The lowest BCUT2D eigenvalue weighted by molar-refractivity contribution is 0.579. The Hall–Kier alpha value is -1.28. The van der Waals surface area contributed by atoms with Gasteiger partial charge in [-0.3, -0.25) is 0 Å². The largest absolute Gasteiger partial charge is 0.343 e. The van der Waals surface area contributed by atoms with E-state index in [-0.39, 0.29) is 0 Å². The molecule has 0 amide bonds. The van der Waals surface area contributed by atoms with Gasteiger partial charge in [0.15, 0.2) is 0 Å². The fourth-order valence-electron chi connectivity index (χ4n) is 3.34. The summed E-state index contributed by atoms with van der Waals surface area (Å²) in [6.45, 7) is 4.53. The molecular weight excluding hydrogens is 220 g/mol. The molecule has 2 heteroatoms. The number of aryl methyl sites for hydroxylation is 3. The van der Waals surface area contributed by atoms with Crippen LogP contribution in [0, 0.1) is 6.92 Å². The molecule has 0 bridgehead atoms. The number of para-hydroxylation sites is 1. The Kier molecular flexibility index (Phi) is 2.28. The number of hydrogen-bond acceptors (Lipinski definition) is 1. The molecule has 0 atom stereocenters. The van der Waals surface area contributed by atoms with Crippen molar-refractivity contribution in [2.75, 3.05) is 0 Å². The summed E-state index contributed by atoms with van der Waals surface area (Å²) < 4.78 is 2.57. The first kappa shape index (κ1) is 10.6. The molecule has 1 aromatic carbocycles. The minimum Gasteiger partial charge on any atom is -0.343 e. The van der Waals surface area contributed by atoms with Gasteiger partial charge in [-0.05, 0) is 43.7 Å². The van der Waals surface area contributed by atoms with Gasteiger partial charge < -0.3 is 9.88 Å². The summed E-state index contributed by atoms with van der Waals surface area (Å²) >= 11 is 0. The molecule has 2 aromatic rings. The van der Waals surface area contributed by atoms with E-state index in [9.17, 15) is 0 Å². The number of hydrogen-bond donors (Lipinski definition) is 1. The van der Waals surface area contributed by atoms with Gasteiger partial charge in [-0.1, -0.05) is 18.2 Å². The number of rotatable bonds is 3. The summed E-state index contributed by atoms with van der Waals surface area (Å²) in [5.41, 5.74) is 6.05. The zero-order valence-corrected chi connectivity index (χ0v) is 11.0. The second kappa shape index (κ2) is 3.86. The van der Waals surface area contributed by atoms with Crippen LogP contribution in [0.15, 0.2) is 18.2 Å². The van der Waals surface area contributed by atoms with Crippen LogP contribution in [0.3, 0.4) is 0 Å². The van der Waals surface area contributed by atoms with Crippen molar-refractivity contribution in [3.8, 4) is 0 Å². The number of nitrogens with zero attached hydrogens (tertiary/aromatic N) is 1. The minimum absolute atomic E-state index is 0.790. The number of aromatic nitrogens is 1. The molecule has 1 aliphatic heterocycles. The molecule has 2 heterocycles. The van der Waals surface area contributed by atoms with Crippen molar-refractivity contribution < 1.29 is 0 Å². The van der Waals surface area contributed by atoms with Crippen LogP contribution < -0.4 is 5.32 Å². The summed E-state index contributed by atoms with van der Waals surface area (Å²) in [5.74, 6) is 0. The van der Waals surface area contributed by atoms with Crippen molar-refractivity contribution >= 4 is 10.9 Å². The van der Waals surface area contributed by atoms with Crippen LogP contribution in [0.5, 0.6) is 0 Å². The van der Waals surface area contributed by atoms with E-state index < -0.39 is 0 Å². The van der Waals surface area contributed by atoms with Gasteiger partial charge >= 0.3 is 0 Å². The molecule has 0 spiro atoms. The van der Waals surface area contributed by atoms with Gasteiger partial charge in [0, 0.05) is 30.2 Å². The second-order valence-corrected chi connectivity index (χ2v) is 5.80. The first-order valence-electron chi connectivity index (χ1n) is 7.17. The van der Waals surface area contributed by atoms with E-state index in [2.05, 4.69) is 35.0 Å². The molecule has 18 heavy (non-hydrogen) atoms. The van der Waals surface area contributed by atoms with Gasteiger partial charge in [-0.15, -0.1) is 0 Å². The maximum absolute atomic E-state index is 3.67. The average molecular weight is 240 g/mol. The van der Waals surface area contributed by atoms with E-state index >= 15 is 0 Å². The van der Waals surface area contributed by atoms with Crippen molar-refractivity contribution in [1.82, 2.24) is 9.88 Å². The van der Waals surface area contributed by atoms with E-state index in [1.54, 1.807) is 5.56 Å². The zero-order chi connectivity index (χ0) is 12.1. The molecule has 94 valence electrons. The standard InChI is InChI=1S/C16H20N2/c1-11-14-6-2-4-12-5-3-9-18(16(12)14)15(11)10-17-13-7-8-13/h2,4,6,13,17H,3,5,7-10H2,1H3. The average Bonchev–Trinajstić information content (AvgIpc) is 3.18. The molecule has 2 nitrogen and oxygen atoms in total. The lowest BCUT2D eigenvalue weighted by Gasteiger charge is -2.18. The Labute approximate surface area is 108 Å². The predicted octanol–water partition coefficient (Wildman–Crippen LogP) is 3.15.